The summed E-state index contributed by atoms with van der Waals surface area (Å²) in [5.41, 5.74) is -0.0170. The highest BCUT2D eigenvalue weighted by atomic mass is 16.5. The molecule has 5 heteroatoms. The molecule has 0 atom stereocenters. The zero-order valence-corrected chi connectivity index (χ0v) is 12.6. The molecule has 0 bridgehead atoms. The van der Waals surface area contributed by atoms with Crippen LogP contribution in [0.3, 0.4) is 0 Å². The summed E-state index contributed by atoms with van der Waals surface area (Å²) >= 11 is 0. The van der Waals surface area contributed by atoms with Gasteiger partial charge in [0.2, 0.25) is 0 Å². The van der Waals surface area contributed by atoms with Crippen LogP contribution in [0.15, 0.2) is 6.07 Å². The maximum atomic E-state index is 5.60. The average Bonchev–Trinajstić information content (AvgIpc) is 3.22. The molecule has 3 rings (SSSR count). The monoisotopic (exact) mass is 276 g/mol. The lowest BCUT2D eigenvalue weighted by atomic mass is 10.0. The largest absolute Gasteiger partial charge is 0.377 e. The van der Waals surface area contributed by atoms with Crippen LogP contribution in [0.25, 0.3) is 0 Å². The van der Waals surface area contributed by atoms with Crippen LogP contribution in [-0.4, -0.2) is 41.8 Å². The van der Waals surface area contributed by atoms with Crippen LogP contribution >= 0.6 is 0 Å². The second kappa shape index (κ2) is 5.20. The molecule has 1 N–H and O–H groups in total. The summed E-state index contributed by atoms with van der Waals surface area (Å²) in [6, 6.07) is 2.07. The number of nitrogens with one attached hydrogen (secondary N) is 1. The Hall–Kier alpha value is -1.36. The molecule has 1 saturated carbocycles. The number of morpholine rings is 1. The number of nitrogens with zero attached hydrogens (tertiary/aromatic N) is 3. The normalized spacial score (nSPS) is 21.9. The molecule has 1 aromatic heterocycles. The molecule has 2 aliphatic rings. The highest BCUT2D eigenvalue weighted by molar-refractivity contribution is 5.52. The summed E-state index contributed by atoms with van der Waals surface area (Å²) in [4.78, 5) is 11.8. The quantitative estimate of drug-likeness (QED) is 0.915. The SMILES string of the molecule is CCNc1cc(N2CCOCC2(C)C)nc(C2CC2)n1. The van der Waals surface area contributed by atoms with E-state index in [9.17, 15) is 0 Å². The van der Waals surface area contributed by atoms with E-state index in [1.807, 2.05) is 0 Å². The number of rotatable bonds is 4. The summed E-state index contributed by atoms with van der Waals surface area (Å²) < 4.78 is 5.60. The van der Waals surface area contributed by atoms with Crippen molar-refractivity contribution in [2.24, 2.45) is 0 Å². The molecule has 0 aromatic carbocycles. The molecular formula is C15H24N4O. The number of aromatic nitrogens is 2. The molecule has 1 aliphatic carbocycles. The van der Waals surface area contributed by atoms with Gasteiger partial charge in [0.25, 0.3) is 0 Å². The number of hydrogen-bond donors (Lipinski definition) is 1. The van der Waals surface area contributed by atoms with Crippen LogP contribution in [0.4, 0.5) is 11.6 Å². The molecule has 1 saturated heterocycles. The van der Waals surface area contributed by atoms with Crippen molar-refractivity contribution in [2.75, 3.05) is 36.5 Å². The van der Waals surface area contributed by atoms with E-state index in [0.29, 0.717) is 5.92 Å². The zero-order valence-electron chi connectivity index (χ0n) is 12.6. The molecule has 0 amide bonds. The van der Waals surface area contributed by atoms with Gasteiger partial charge < -0.3 is 15.0 Å². The summed E-state index contributed by atoms with van der Waals surface area (Å²) in [5, 5.41) is 3.33. The lowest BCUT2D eigenvalue weighted by Crippen LogP contribution is -2.53. The molecule has 0 unspecified atom stereocenters. The van der Waals surface area contributed by atoms with Crippen molar-refractivity contribution in [3.05, 3.63) is 11.9 Å². The predicted octanol–water partition coefficient (Wildman–Crippen LogP) is 2.40. The minimum absolute atomic E-state index is 0.0170. The summed E-state index contributed by atoms with van der Waals surface area (Å²) in [5.74, 6) is 3.55. The van der Waals surface area contributed by atoms with Crippen LogP contribution in [-0.2, 0) is 4.74 Å². The predicted molar refractivity (Wildman–Crippen MR) is 80.4 cm³/mol. The van der Waals surface area contributed by atoms with Crippen LogP contribution < -0.4 is 10.2 Å². The van der Waals surface area contributed by atoms with Gasteiger partial charge in [-0.15, -0.1) is 0 Å². The number of ether oxygens (including phenoxy) is 1. The van der Waals surface area contributed by atoms with Gasteiger partial charge in [0.05, 0.1) is 18.8 Å². The van der Waals surface area contributed by atoms with Crippen molar-refractivity contribution in [3.63, 3.8) is 0 Å². The molecule has 20 heavy (non-hydrogen) atoms. The fourth-order valence-corrected chi connectivity index (χ4v) is 2.67. The van der Waals surface area contributed by atoms with Gasteiger partial charge in [0.15, 0.2) is 0 Å². The summed E-state index contributed by atoms with van der Waals surface area (Å²) in [6.45, 7) is 9.79. The molecule has 0 spiro atoms. The second-order valence-electron chi connectivity index (χ2n) is 6.29. The topological polar surface area (TPSA) is 50.3 Å². The van der Waals surface area contributed by atoms with Gasteiger partial charge in [-0.1, -0.05) is 0 Å². The van der Waals surface area contributed by atoms with E-state index < -0.39 is 0 Å². The Bertz CT molecular complexity index is 485. The van der Waals surface area contributed by atoms with Gasteiger partial charge in [-0.3, -0.25) is 0 Å². The van der Waals surface area contributed by atoms with Crippen LogP contribution in [0.5, 0.6) is 0 Å². The van der Waals surface area contributed by atoms with Gasteiger partial charge in [-0.25, -0.2) is 9.97 Å². The number of hydrogen-bond acceptors (Lipinski definition) is 5. The third-order valence-corrected chi connectivity index (χ3v) is 3.95. The van der Waals surface area contributed by atoms with Gasteiger partial charge >= 0.3 is 0 Å². The van der Waals surface area contributed by atoms with E-state index in [1.165, 1.54) is 12.8 Å². The third kappa shape index (κ3) is 2.73. The zero-order chi connectivity index (χ0) is 14.2. The molecular weight excluding hydrogens is 252 g/mol. The Kier molecular flexibility index (Phi) is 3.54. The molecule has 5 nitrogen and oxygen atoms in total. The highest BCUT2D eigenvalue weighted by Crippen LogP contribution is 2.39. The van der Waals surface area contributed by atoms with Gasteiger partial charge in [0, 0.05) is 25.1 Å². The van der Waals surface area contributed by atoms with Crippen molar-refractivity contribution in [2.45, 2.75) is 45.1 Å². The Morgan fingerprint density at radius 1 is 1.40 bits per heavy atom. The molecule has 1 aliphatic heterocycles. The van der Waals surface area contributed by atoms with E-state index in [1.54, 1.807) is 0 Å². The first-order valence-corrected chi connectivity index (χ1v) is 7.58. The minimum Gasteiger partial charge on any atom is -0.377 e. The molecule has 1 aromatic rings. The van der Waals surface area contributed by atoms with E-state index >= 15 is 0 Å². The van der Waals surface area contributed by atoms with Gasteiger partial charge in [-0.2, -0.15) is 0 Å². The van der Waals surface area contributed by atoms with E-state index in [2.05, 4.69) is 42.0 Å². The molecule has 2 heterocycles. The number of anilines is 2. The van der Waals surface area contributed by atoms with Crippen molar-refractivity contribution in [1.29, 1.82) is 0 Å². The lowest BCUT2D eigenvalue weighted by Gasteiger charge is -2.43. The standard InChI is InChI=1S/C15H24N4O/c1-4-16-12-9-13(18-14(17-12)11-5-6-11)19-7-8-20-10-15(19,2)3/h9,11H,4-8,10H2,1-3H3,(H,16,17,18). The van der Waals surface area contributed by atoms with Crippen LogP contribution in [0.1, 0.15) is 45.4 Å². The Balaban J connectivity index is 1.94. The van der Waals surface area contributed by atoms with E-state index in [4.69, 9.17) is 9.72 Å². The Labute approximate surface area is 120 Å². The average molecular weight is 276 g/mol. The van der Waals surface area contributed by atoms with Crippen molar-refractivity contribution in [3.8, 4) is 0 Å². The van der Waals surface area contributed by atoms with Gasteiger partial charge in [-0.05, 0) is 33.6 Å². The smallest absolute Gasteiger partial charge is 0.136 e. The van der Waals surface area contributed by atoms with Crippen molar-refractivity contribution in [1.82, 2.24) is 9.97 Å². The Morgan fingerprint density at radius 3 is 2.85 bits per heavy atom. The minimum atomic E-state index is -0.0170. The molecule has 110 valence electrons. The second-order valence-corrected chi connectivity index (χ2v) is 6.29. The maximum absolute atomic E-state index is 5.60. The van der Waals surface area contributed by atoms with E-state index in [0.717, 1.165) is 43.8 Å². The van der Waals surface area contributed by atoms with E-state index in [-0.39, 0.29) is 5.54 Å². The third-order valence-electron chi connectivity index (χ3n) is 3.95. The first kappa shape index (κ1) is 13.6. The van der Waals surface area contributed by atoms with Crippen LogP contribution in [0.2, 0.25) is 0 Å². The fraction of sp³-hybridized carbons (Fsp3) is 0.733. The molecule has 2 fully saturated rings. The van der Waals surface area contributed by atoms with Crippen LogP contribution in [0, 0.1) is 0 Å². The highest BCUT2D eigenvalue weighted by Gasteiger charge is 2.33. The summed E-state index contributed by atoms with van der Waals surface area (Å²) in [6.07, 6.45) is 2.45. The fourth-order valence-electron chi connectivity index (χ4n) is 2.67. The van der Waals surface area contributed by atoms with Gasteiger partial charge in [0.1, 0.15) is 17.5 Å². The molecule has 0 radical (unpaired) electrons. The maximum Gasteiger partial charge on any atom is 0.136 e. The van der Waals surface area contributed by atoms with Crippen molar-refractivity contribution >= 4 is 11.6 Å². The summed E-state index contributed by atoms with van der Waals surface area (Å²) in [7, 11) is 0. The lowest BCUT2D eigenvalue weighted by molar-refractivity contribution is 0.0639. The Morgan fingerprint density at radius 2 is 2.20 bits per heavy atom. The van der Waals surface area contributed by atoms with Crippen molar-refractivity contribution < 1.29 is 4.74 Å². The first-order valence-electron chi connectivity index (χ1n) is 7.58. The first-order chi connectivity index (χ1) is 9.60.